The van der Waals surface area contributed by atoms with Crippen LogP contribution in [0.15, 0.2) is 29.3 Å². The molecule has 8 heteroatoms. The molecule has 21 heavy (non-hydrogen) atoms. The lowest BCUT2D eigenvalue weighted by Crippen LogP contribution is -2.51. The number of nitrogens with one attached hydrogen (secondary N) is 2. The van der Waals surface area contributed by atoms with Crippen molar-refractivity contribution in [1.82, 2.24) is 14.9 Å². The quantitative estimate of drug-likeness (QED) is 0.874. The monoisotopic (exact) mass is 330 g/mol. The smallest absolute Gasteiger partial charge is 0.237 e. The number of hydrogen-bond donors (Lipinski definition) is 2. The molecule has 1 aromatic carbocycles. The maximum atomic E-state index is 11.8. The molecule has 0 fully saturated rings. The first-order chi connectivity index (χ1) is 9.88. The van der Waals surface area contributed by atoms with Crippen LogP contribution in [0.4, 0.5) is 0 Å². The molecule has 1 aromatic rings. The number of rotatable bonds is 4. The van der Waals surface area contributed by atoms with Crippen LogP contribution >= 0.6 is 11.6 Å². The third-order valence-electron chi connectivity index (χ3n) is 3.11. The van der Waals surface area contributed by atoms with Crippen LogP contribution in [-0.4, -0.2) is 37.9 Å². The van der Waals surface area contributed by atoms with Gasteiger partial charge < -0.3 is 5.32 Å². The van der Waals surface area contributed by atoms with Gasteiger partial charge in [-0.1, -0.05) is 29.8 Å². The Hall–Kier alpha value is -1.31. The highest BCUT2D eigenvalue weighted by molar-refractivity contribution is 7.90. The second kappa shape index (κ2) is 6.64. The maximum Gasteiger partial charge on any atom is 0.237 e. The second-order valence-corrected chi connectivity index (χ2v) is 7.74. The molecule has 0 spiro atoms. The predicted molar refractivity (Wildman–Crippen MR) is 84.5 cm³/mol. The molecule has 0 radical (unpaired) electrons. The fourth-order valence-electron chi connectivity index (χ4n) is 1.76. The molecule has 0 unspecified atom stereocenters. The summed E-state index contributed by atoms with van der Waals surface area (Å²) in [5.41, 5.74) is 1.02. The van der Waals surface area contributed by atoms with Gasteiger partial charge in [0.2, 0.25) is 16.0 Å². The van der Waals surface area contributed by atoms with Crippen molar-refractivity contribution in [1.29, 1.82) is 0 Å². The maximum absolute atomic E-state index is 11.8. The summed E-state index contributed by atoms with van der Waals surface area (Å²) in [4.78, 5) is 6.22. The van der Waals surface area contributed by atoms with Crippen molar-refractivity contribution in [3.63, 3.8) is 0 Å². The first-order valence-electron chi connectivity index (χ1n) is 6.64. The molecule has 2 rings (SSSR count). The summed E-state index contributed by atoms with van der Waals surface area (Å²) in [6.07, 6.45) is 0. The van der Waals surface area contributed by atoms with Crippen LogP contribution in [0.25, 0.3) is 0 Å². The molecule has 1 heterocycles. The zero-order valence-corrected chi connectivity index (χ0v) is 13.6. The van der Waals surface area contributed by atoms with Crippen LogP contribution in [0.2, 0.25) is 5.02 Å². The summed E-state index contributed by atoms with van der Waals surface area (Å²) in [5.74, 6) is 0.291. The zero-order valence-electron chi connectivity index (χ0n) is 12.0. The Labute approximate surface area is 130 Å². The highest BCUT2D eigenvalue weighted by Crippen LogP contribution is 2.17. The molecule has 1 aliphatic rings. The lowest BCUT2D eigenvalue weighted by molar-refractivity contribution is 0.255. The Morgan fingerprint density at radius 2 is 2.14 bits per heavy atom. The van der Waals surface area contributed by atoms with Gasteiger partial charge in [0.05, 0.1) is 18.6 Å². The van der Waals surface area contributed by atoms with E-state index >= 15 is 0 Å². The minimum atomic E-state index is -3.36. The Morgan fingerprint density at radius 1 is 1.43 bits per heavy atom. The van der Waals surface area contributed by atoms with Gasteiger partial charge in [-0.25, -0.2) is 13.4 Å². The van der Waals surface area contributed by atoms with Crippen LogP contribution in [0.1, 0.15) is 19.4 Å². The van der Waals surface area contributed by atoms with Crippen LogP contribution in [0.3, 0.4) is 0 Å². The van der Waals surface area contributed by atoms with Crippen molar-refractivity contribution >= 4 is 27.6 Å². The first kappa shape index (κ1) is 16.1. The SMILES string of the molecule is CC(C)S(=O)(=O)NC1=NCN(Cc2ccccc2Cl)CN1. The summed E-state index contributed by atoms with van der Waals surface area (Å²) in [6, 6.07) is 7.63. The normalized spacial score (nSPS) is 16.5. The van der Waals surface area contributed by atoms with Crippen molar-refractivity contribution in [2.45, 2.75) is 25.6 Å². The highest BCUT2D eigenvalue weighted by Gasteiger charge is 2.20. The largest absolute Gasteiger partial charge is 0.343 e. The molecule has 0 bridgehead atoms. The van der Waals surface area contributed by atoms with Crippen LogP contribution in [0, 0.1) is 0 Å². The van der Waals surface area contributed by atoms with E-state index in [4.69, 9.17) is 11.6 Å². The Kier molecular flexibility index (Phi) is 5.08. The fourth-order valence-corrected chi connectivity index (χ4v) is 2.60. The molecule has 0 saturated heterocycles. The molecule has 0 amide bonds. The summed E-state index contributed by atoms with van der Waals surface area (Å²) >= 11 is 6.12. The number of aliphatic imine (C=N–C) groups is 1. The molecular formula is C13H19ClN4O2S. The standard InChI is InChI=1S/C13H19ClN4O2S/c1-10(2)21(19,20)17-13-15-8-18(9-16-13)7-11-5-3-4-6-12(11)14/h3-6,10H,7-9H2,1-2H3,(H2,15,16,17). The van der Waals surface area contributed by atoms with Gasteiger partial charge in [-0.15, -0.1) is 0 Å². The number of sulfonamides is 1. The Bertz CT molecular complexity index is 631. The lowest BCUT2D eigenvalue weighted by Gasteiger charge is -2.27. The average molecular weight is 331 g/mol. The molecule has 116 valence electrons. The van der Waals surface area contributed by atoms with Gasteiger partial charge in [0, 0.05) is 11.6 Å². The molecule has 6 nitrogen and oxygen atoms in total. The second-order valence-electron chi connectivity index (χ2n) is 5.10. The van der Waals surface area contributed by atoms with Gasteiger partial charge in [-0.05, 0) is 25.5 Å². The zero-order chi connectivity index (χ0) is 15.5. The van der Waals surface area contributed by atoms with Gasteiger partial charge in [0.1, 0.15) is 0 Å². The van der Waals surface area contributed by atoms with Gasteiger partial charge >= 0.3 is 0 Å². The van der Waals surface area contributed by atoms with Crippen LogP contribution < -0.4 is 10.0 Å². The van der Waals surface area contributed by atoms with Gasteiger partial charge in [-0.2, -0.15) is 0 Å². The molecule has 0 atom stereocenters. The average Bonchev–Trinajstić information content (AvgIpc) is 2.43. The first-order valence-corrected chi connectivity index (χ1v) is 8.56. The van der Waals surface area contributed by atoms with Crippen molar-refractivity contribution in [2.24, 2.45) is 4.99 Å². The van der Waals surface area contributed by atoms with E-state index in [1.807, 2.05) is 29.2 Å². The van der Waals surface area contributed by atoms with E-state index in [0.29, 0.717) is 30.9 Å². The van der Waals surface area contributed by atoms with Crippen LogP contribution in [0.5, 0.6) is 0 Å². The fraction of sp³-hybridized carbons (Fsp3) is 0.462. The minimum Gasteiger partial charge on any atom is -0.343 e. The molecule has 2 N–H and O–H groups in total. The number of nitrogens with zero attached hydrogens (tertiary/aromatic N) is 2. The Balaban J connectivity index is 1.95. The molecule has 1 aliphatic heterocycles. The summed E-state index contributed by atoms with van der Waals surface area (Å²) in [7, 11) is -3.36. The van der Waals surface area contributed by atoms with Crippen LogP contribution in [-0.2, 0) is 16.6 Å². The van der Waals surface area contributed by atoms with E-state index in [9.17, 15) is 8.42 Å². The number of guanidine groups is 1. The number of hydrogen-bond acceptors (Lipinski definition) is 5. The minimum absolute atomic E-state index is 0.291. The lowest BCUT2D eigenvalue weighted by atomic mass is 10.2. The predicted octanol–water partition coefficient (Wildman–Crippen LogP) is 1.34. The third-order valence-corrected chi connectivity index (χ3v) is 5.20. The van der Waals surface area contributed by atoms with E-state index in [1.54, 1.807) is 13.8 Å². The topological polar surface area (TPSA) is 73.8 Å². The number of halogens is 1. The van der Waals surface area contributed by atoms with Crippen molar-refractivity contribution < 1.29 is 8.42 Å². The summed E-state index contributed by atoms with van der Waals surface area (Å²) in [6.45, 7) is 4.81. The van der Waals surface area contributed by atoms with E-state index in [-0.39, 0.29) is 0 Å². The number of benzene rings is 1. The molecule has 0 saturated carbocycles. The summed E-state index contributed by atoms with van der Waals surface area (Å²) in [5, 5.41) is 3.18. The molecule has 0 aliphatic carbocycles. The highest BCUT2D eigenvalue weighted by atomic mass is 35.5. The van der Waals surface area contributed by atoms with Crippen molar-refractivity contribution in [3.8, 4) is 0 Å². The molecule has 0 aromatic heterocycles. The molecular weight excluding hydrogens is 312 g/mol. The van der Waals surface area contributed by atoms with Crippen molar-refractivity contribution in [2.75, 3.05) is 13.3 Å². The van der Waals surface area contributed by atoms with Gasteiger partial charge in [0.25, 0.3) is 0 Å². The van der Waals surface area contributed by atoms with Crippen molar-refractivity contribution in [3.05, 3.63) is 34.9 Å². The van der Waals surface area contributed by atoms with E-state index in [1.165, 1.54) is 0 Å². The van der Waals surface area contributed by atoms with Gasteiger partial charge in [-0.3, -0.25) is 9.62 Å². The third kappa shape index (κ3) is 4.33. The van der Waals surface area contributed by atoms with E-state index in [2.05, 4.69) is 15.0 Å². The van der Waals surface area contributed by atoms with E-state index < -0.39 is 15.3 Å². The Morgan fingerprint density at radius 3 is 2.71 bits per heavy atom. The van der Waals surface area contributed by atoms with Gasteiger partial charge in [0.15, 0.2) is 0 Å². The summed E-state index contributed by atoms with van der Waals surface area (Å²) < 4.78 is 26.0. The van der Waals surface area contributed by atoms with E-state index in [0.717, 1.165) is 5.56 Å².